The van der Waals surface area contributed by atoms with E-state index < -0.39 is 0 Å². The lowest BCUT2D eigenvalue weighted by Gasteiger charge is -2.33. The van der Waals surface area contributed by atoms with Crippen LogP contribution < -0.4 is 10.5 Å². The Morgan fingerprint density at radius 3 is 2.29 bits per heavy atom. The highest BCUT2D eigenvalue weighted by atomic mass is 16.1. The molecule has 0 atom stereocenters. The van der Waals surface area contributed by atoms with E-state index in [0.29, 0.717) is 5.82 Å². The van der Waals surface area contributed by atoms with E-state index in [0.717, 1.165) is 54.7 Å². The molecule has 4 rings (SSSR count). The van der Waals surface area contributed by atoms with E-state index >= 15 is 0 Å². The zero-order valence-electron chi connectivity index (χ0n) is 16.8. The molecule has 0 radical (unpaired) electrons. The van der Waals surface area contributed by atoms with Gasteiger partial charge in [-0.2, -0.15) is 5.10 Å². The Kier molecular flexibility index (Phi) is 4.70. The van der Waals surface area contributed by atoms with Crippen molar-refractivity contribution in [3.05, 3.63) is 57.5 Å². The van der Waals surface area contributed by atoms with Gasteiger partial charge < -0.3 is 4.90 Å². The van der Waals surface area contributed by atoms with Gasteiger partial charge in [-0.15, -0.1) is 5.10 Å². The van der Waals surface area contributed by atoms with Crippen LogP contribution in [0.5, 0.6) is 0 Å². The van der Waals surface area contributed by atoms with Crippen LogP contribution in [-0.4, -0.2) is 42.6 Å². The quantitative estimate of drug-likeness (QED) is 0.694. The second-order valence-corrected chi connectivity index (χ2v) is 7.45. The molecule has 0 unspecified atom stereocenters. The number of nitrogens with zero attached hydrogens (tertiary/aromatic N) is 7. The first-order valence-corrected chi connectivity index (χ1v) is 9.61. The summed E-state index contributed by atoms with van der Waals surface area (Å²) in [6.07, 6.45) is 1.69. The molecule has 8 heteroatoms. The fourth-order valence-electron chi connectivity index (χ4n) is 3.85. The van der Waals surface area contributed by atoms with Crippen molar-refractivity contribution in [2.75, 3.05) is 18.0 Å². The van der Waals surface area contributed by atoms with Crippen LogP contribution in [0.1, 0.15) is 41.8 Å². The SMILES string of the molecule is Cc1cc(N2CCC(n3nc(-n4nc(C)cc4C)ccc3=O)CC2)nc(C)n1. The summed E-state index contributed by atoms with van der Waals surface area (Å²) in [5, 5.41) is 9.11. The molecule has 4 heterocycles. The van der Waals surface area contributed by atoms with Gasteiger partial charge >= 0.3 is 0 Å². The van der Waals surface area contributed by atoms with Crippen molar-refractivity contribution in [3.63, 3.8) is 0 Å². The summed E-state index contributed by atoms with van der Waals surface area (Å²) in [7, 11) is 0. The molecule has 3 aromatic heterocycles. The largest absolute Gasteiger partial charge is 0.356 e. The normalized spacial score (nSPS) is 15.2. The van der Waals surface area contributed by atoms with Crippen molar-refractivity contribution in [2.45, 2.75) is 46.6 Å². The summed E-state index contributed by atoms with van der Waals surface area (Å²) >= 11 is 0. The predicted octanol–water partition coefficient (Wildman–Crippen LogP) is 2.29. The van der Waals surface area contributed by atoms with E-state index in [2.05, 4.69) is 25.1 Å². The number of aromatic nitrogens is 6. The van der Waals surface area contributed by atoms with Crippen molar-refractivity contribution in [1.29, 1.82) is 0 Å². The van der Waals surface area contributed by atoms with Gasteiger partial charge in [0.25, 0.3) is 5.56 Å². The van der Waals surface area contributed by atoms with Crippen LogP contribution in [0.2, 0.25) is 0 Å². The molecular formula is C20H25N7O. The molecule has 0 amide bonds. The van der Waals surface area contributed by atoms with Crippen molar-refractivity contribution in [1.82, 2.24) is 29.5 Å². The lowest BCUT2D eigenvalue weighted by atomic mass is 10.1. The third kappa shape index (κ3) is 3.54. The second kappa shape index (κ2) is 7.18. The fraction of sp³-hybridized carbons (Fsp3) is 0.450. The van der Waals surface area contributed by atoms with Crippen LogP contribution in [0.25, 0.3) is 5.82 Å². The van der Waals surface area contributed by atoms with Gasteiger partial charge in [-0.1, -0.05) is 0 Å². The van der Waals surface area contributed by atoms with Gasteiger partial charge in [-0.3, -0.25) is 4.79 Å². The average molecular weight is 379 g/mol. The summed E-state index contributed by atoms with van der Waals surface area (Å²) in [5.74, 6) is 2.42. The molecule has 3 aromatic rings. The van der Waals surface area contributed by atoms with Gasteiger partial charge in [0, 0.05) is 36.6 Å². The Balaban J connectivity index is 1.55. The lowest BCUT2D eigenvalue weighted by molar-refractivity contribution is 0.350. The maximum atomic E-state index is 12.5. The average Bonchev–Trinajstić information content (AvgIpc) is 3.00. The van der Waals surface area contributed by atoms with Crippen molar-refractivity contribution < 1.29 is 0 Å². The van der Waals surface area contributed by atoms with E-state index in [1.54, 1.807) is 21.5 Å². The molecule has 1 aliphatic heterocycles. The summed E-state index contributed by atoms with van der Waals surface area (Å²) in [4.78, 5) is 23.6. The molecule has 1 aliphatic rings. The molecule has 0 aromatic carbocycles. The topological polar surface area (TPSA) is 81.7 Å². The lowest BCUT2D eigenvalue weighted by Crippen LogP contribution is -2.39. The highest BCUT2D eigenvalue weighted by molar-refractivity contribution is 5.40. The molecule has 28 heavy (non-hydrogen) atoms. The summed E-state index contributed by atoms with van der Waals surface area (Å²) in [6, 6.07) is 7.41. The van der Waals surface area contributed by atoms with E-state index in [1.807, 2.05) is 39.8 Å². The van der Waals surface area contributed by atoms with Crippen LogP contribution in [0.15, 0.2) is 29.1 Å². The third-order valence-corrected chi connectivity index (χ3v) is 5.12. The first-order chi connectivity index (χ1) is 13.4. The van der Waals surface area contributed by atoms with Crippen molar-refractivity contribution >= 4 is 5.82 Å². The maximum absolute atomic E-state index is 12.5. The summed E-state index contributed by atoms with van der Waals surface area (Å²) in [5.41, 5.74) is 2.83. The second-order valence-electron chi connectivity index (χ2n) is 7.45. The van der Waals surface area contributed by atoms with E-state index in [9.17, 15) is 4.79 Å². The van der Waals surface area contributed by atoms with Crippen LogP contribution in [0.4, 0.5) is 5.82 Å². The van der Waals surface area contributed by atoms with E-state index in [1.165, 1.54) is 0 Å². The molecule has 1 saturated heterocycles. The van der Waals surface area contributed by atoms with Crippen LogP contribution >= 0.6 is 0 Å². The Morgan fingerprint density at radius 1 is 0.893 bits per heavy atom. The summed E-state index contributed by atoms with van der Waals surface area (Å²) < 4.78 is 3.41. The molecular weight excluding hydrogens is 354 g/mol. The standard InChI is InChI=1S/C20H25N7O/c1-13-12-19(22-16(4)21-13)25-9-7-17(8-10-25)27-20(28)6-5-18(24-27)26-15(3)11-14(2)23-26/h5-6,11-12,17H,7-10H2,1-4H3. The minimum absolute atomic E-state index is 0.0718. The number of anilines is 1. The Bertz CT molecular complexity index is 1040. The molecule has 0 saturated carbocycles. The van der Waals surface area contributed by atoms with Gasteiger partial charge in [-0.25, -0.2) is 19.3 Å². The van der Waals surface area contributed by atoms with Gasteiger partial charge in [0.1, 0.15) is 11.6 Å². The zero-order chi connectivity index (χ0) is 19.8. The van der Waals surface area contributed by atoms with Crippen LogP contribution in [0, 0.1) is 27.7 Å². The number of hydrogen-bond donors (Lipinski definition) is 0. The highest BCUT2D eigenvalue weighted by Gasteiger charge is 2.24. The van der Waals surface area contributed by atoms with Crippen LogP contribution in [0.3, 0.4) is 0 Å². The number of aryl methyl sites for hydroxylation is 4. The van der Waals surface area contributed by atoms with Gasteiger partial charge in [0.05, 0.1) is 11.7 Å². The van der Waals surface area contributed by atoms with E-state index in [-0.39, 0.29) is 11.6 Å². The molecule has 0 bridgehead atoms. The minimum atomic E-state index is -0.0718. The highest BCUT2D eigenvalue weighted by Crippen LogP contribution is 2.24. The number of piperidine rings is 1. The molecule has 8 nitrogen and oxygen atoms in total. The maximum Gasteiger partial charge on any atom is 0.267 e. The number of hydrogen-bond acceptors (Lipinski definition) is 6. The first-order valence-electron chi connectivity index (χ1n) is 9.61. The van der Waals surface area contributed by atoms with Gasteiger partial charge in [0.15, 0.2) is 5.82 Å². The minimum Gasteiger partial charge on any atom is -0.356 e. The van der Waals surface area contributed by atoms with Crippen LogP contribution in [-0.2, 0) is 0 Å². The molecule has 0 N–H and O–H groups in total. The molecule has 0 aliphatic carbocycles. The zero-order valence-corrected chi connectivity index (χ0v) is 16.8. The van der Waals surface area contributed by atoms with E-state index in [4.69, 9.17) is 0 Å². The number of rotatable bonds is 3. The smallest absolute Gasteiger partial charge is 0.267 e. The third-order valence-electron chi connectivity index (χ3n) is 5.12. The molecule has 146 valence electrons. The van der Waals surface area contributed by atoms with Gasteiger partial charge in [-0.05, 0) is 52.7 Å². The molecule has 0 spiro atoms. The Labute approximate surface area is 163 Å². The first kappa shape index (κ1) is 18.3. The Hall–Kier alpha value is -3.03. The predicted molar refractivity (Wildman–Crippen MR) is 107 cm³/mol. The van der Waals surface area contributed by atoms with Crippen molar-refractivity contribution in [2.24, 2.45) is 0 Å². The fourth-order valence-corrected chi connectivity index (χ4v) is 3.85. The summed E-state index contributed by atoms with van der Waals surface area (Å²) in [6.45, 7) is 9.50. The Morgan fingerprint density at radius 2 is 1.64 bits per heavy atom. The monoisotopic (exact) mass is 379 g/mol. The van der Waals surface area contributed by atoms with Crippen molar-refractivity contribution in [3.8, 4) is 5.82 Å². The van der Waals surface area contributed by atoms with Gasteiger partial charge in [0.2, 0.25) is 0 Å². The molecule has 1 fully saturated rings.